The quantitative estimate of drug-likeness (QED) is 0.862. The molecule has 1 fully saturated rings. The molecule has 0 radical (unpaired) electrons. The van der Waals surface area contributed by atoms with E-state index in [0.717, 1.165) is 31.7 Å². The van der Waals surface area contributed by atoms with Gasteiger partial charge in [-0.25, -0.2) is 12.8 Å². The lowest BCUT2D eigenvalue weighted by Gasteiger charge is -2.28. The SMILES string of the molecule is CCC1CCCCCN1S(=O)(=O)c1cc(N)cc(Cl)c1F. The van der Waals surface area contributed by atoms with Crippen molar-refractivity contribution in [1.82, 2.24) is 4.31 Å². The first-order valence-electron chi connectivity index (χ1n) is 7.14. The zero-order valence-corrected chi connectivity index (χ0v) is 13.6. The monoisotopic (exact) mass is 334 g/mol. The number of rotatable bonds is 3. The molecule has 21 heavy (non-hydrogen) atoms. The standard InChI is InChI=1S/C14H20ClFN2O2S/c1-2-11-6-4-3-5-7-18(11)21(19,20)13-9-10(17)8-12(15)14(13)16/h8-9,11H,2-7,17H2,1H3. The van der Waals surface area contributed by atoms with Gasteiger partial charge in [0.25, 0.3) is 0 Å². The van der Waals surface area contributed by atoms with Crippen molar-refractivity contribution in [2.45, 2.75) is 50.0 Å². The van der Waals surface area contributed by atoms with Crippen molar-refractivity contribution in [1.29, 1.82) is 0 Å². The van der Waals surface area contributed by atoms with Gasteiger partial charge in [0, 0.05) is 18.3 Å². The van der Waals surface area contributed by atoms with E-state index in [0.29, 0.717) is 13.0 Å². The highest BCUT2D eigenvalue weighted by Gasteiger charge is 2.34. The van der Waals surface area contributed by atoms with Crippen LogP contribution in [0.3, 0.4) is 0 Å². The molecule has 0 bridgehead atoms. The Balaban J connectivity index is 2.50. The maximum Gasteiger partial charge on any atom is 0.246 e. The minimum absolute atomic E-state index is 0.0999. The smallest absolute Gasteiger partial charge is 0.246 e. The summed E-state index contributed by atoms with van der Waals surface area (Å²) in [5, 5.41) is -0.267. The van der Waals surface area contributed by atoms with E-state index < -0.39 is 20.7 Å². The van der Waals surface area contributed by atoms with Gasteiger partial charge in [-0.1, -0.05) is 31.4 Å². The summed E-state index contributed by atoms with van der Waals surface area (Å²) in [5.41, 5.74) is 5.76. The molecular weight excluding hydrogens is 315 g/mol. The number of nitrogen functional groups attached to an aromatic ring is 1. The number of halogens is 2. The molecule has 1 unspecified atom stereocenters. The summed E-state index contributed by atoms with van der Waals surface area (Å²) in [5.74, 6) is -0.926. The normalized spacial score (nSPS) is 21.2. The van der Waals surface area contributed by atoms with E-state index >= 15 is 0 Å². The van der Waals surface area contributed by atoms with Crippen molar-refractivity contribution < 1.29 is 12.8 Å². The highest BCUT2D eigenvalue weighted by Crippen LogP contribution is 2.31. The van der Waals surface area contributed by atoms with Gasteiger partial charge in [-0.2, -0.15) is 4.31 Å². The number of hydrogen-bond acceptors (Lipinski definition) is 3. The summed E-state index contributed by atoms with van der Waals surface area (Å²) in [6, 6.07) is 2.26. The third-order valence-electron chi connectivity index (χ3n) is 3.90. The van der Waals surface area contributed by atoms with Crippen LogP contribution in [0, 0.1) is 5.82 Å². The molecule has 0 amide bonds. The van der Waals surface area contributed by atoms with Crippen molar-refractivity contribution in [3.63, 3.8) is 0 Å². The van der Waals surface area contributed by atoms with Crippen LogP contribution in [0.25, 0.3) is 0 Å². The van der Waals surface area contributed by atoms with Gasteiger partial charge in [-0.05, 0) is 31.4 Å². The summed E-state index contributed by atoms with van der Waals surface area (Å²) in [6.45, 7) is 2.36. The van der Waals surface area contributed by atoms with E-state index in [9.17, 15) is 12.8 Å². The Morgan fingerprint density at radius 1 is 1.38 bits per heavy atom. The first-order chi connectivity index (χ1) is 9.87. The summed E-state index contributed by atoms with van der Waals surface area (Å²) in [7, 11) is -3.93. The second-order valence-corrected chi connectivity index (χ2v) is 7.61. The number of nitrogens with two attached hydrogens (primary N) is 1. The zero-order valence-electron chi connectivity index (χ0n) is 12.0. The first kappa shape index (κ1) is 16.5. The van der Waals surface area contributed by atoms with Crippen LogP contribution in [0.2, 0.25) is 5.02 Å². The number of benzene rings is 1. The van der Waals surface area contributed by atoms with Crippen LogP contribution in [0.15, 0.2) is 17.0 Å². The Bertz CT molecular complexity index is 622. The minimum Gasteiger partial charge on any atom is -0.399 e. The molecular formula is C14H20ClFN2O2S. The Hall–Kier alpha value is -0.850. The summed E-state index contributed by atoms with van der Waals surface area (Å²) < 4.78 is 41.2. The molecule has 0 aliphatic carbocycles. The highest BCUT2D eigenvalue weighted by molar-refractivity contribution is 7.89. The molecule has 1 aliphatic rings. The number of sulfonamides is 1. The van der Waals surface area contributed by atoms with Crippen LogP contribution in [-0.4, -0.2) is 25.3 Å². The van der Waals surface area contributed by atoms with Gasteiger partial charge in [-0.3, -0.25) is 0 Å². The van der Waals surface area contributed by atoms with E-state index in [1.807, 2.05) is 6.92 Å². The molecule has 2 N–H and O–H groups in total. The summed E-state index contributed by atoms with van der Waals surface area (Å²) >= 11 is 5.73. The fourth-order valence-corrected chi connectivity index (χ4v) is 4.95. The average Bonchev–Trinajstić information content (AvgIpc) is 2.68. The van der Waals surface area contributed by atoms with Gasteiger partial charge in [0.15, 0.2) is 5.82 Å². The maximum absolute atomic E-state index is 14.2. The largest absolute Gasteiger partial charge is 0.399 e. The van der Waals surface area contributed by atoms with Crippen molar-refractivity contribution in [3.05, 3.63) is 23.0 Å². The molecule has 0 aromatic heterocycles. The Kier molecular flexibility index (Phi) is 5.11. The Morgan fingerprint density at radius 2 is 2.10 bits per heavy atom. The van der Waals surface area contributed by atoms with Crippen LogP contribution in [0.5, 0.6) is 0 Å². The van der Waals surface area contributed by atoms with Gasteiger partial charge >= 0.3 is 0 Å². The molecule has 1 saturated heterocycles. The molecule has 4 nitrogen and oxygen atoms in total. The highest BCUT2D eigenvalue weighted by atomic mass is 35.5. The summed E-state index contributed by atoms with van der Waals surface area (Å²) in [4.78, 5) is -0.423. The van der Waals surface area contributed by atoms with E-state index in [1.165, 1.54) is 10.4 Å². The molecule has 0 saturated carbocycles. The van der Waals surface area contributed by atoms with Gasteiger partial charge in [0.1, 0.15) is 4.90 Å². The molecule has 7 heteroatoms. The van der Waals surface area contributed by atoms with Crippen molar-refractivity contribution in [2.24, 2.45) is 0 Å². The second-order valence-electron chi connectivity index (χ2n) is 5.34. The number of nitrogens with zero attached hydrogens (tertiary/aromatic N) is 1. The zero-order chi connectivity index (χ0) is 15.6. The molecule has 1 aromatic carbocycles. The van der Waals surface area contributed by atoms with E-state index in [2.05, 4.69) is 0 Å². The number of hydrogen-bond donors (Lipinski definition) is 1. The fraction of sp³-hybridized carbons (Fsp3) is 0.571. The van der Waals surface area contributed by atoms with Crippen LogP contribution >= 0.6 is 11.6 Å². The van der Waals surface area contributed by atoms with Gasteiger partial charge < -0.3 is 5.73 Å². The molecule has 2 rings (SSSR count). The Labute approximate surface area is 130 Å². The maximum atomic E-state index is 14.2. The predicted octanol–water partition coefficient (Wildman–Crippen LogP) is 3.40. The topological polar surface area (TPSA) is 63.4 Å². The lowest BCUT2D eigenvalue weighted by atomic mass is 10.1. The predicted molar refractivity (Wildman–Crippen MR) is 82.3 cm³/mol. The first-order valence-corrected chi connectivity index (χ1v) is 8.96. The van der Waals surface area contributed by atoms with Crippen LogP contribution < -0.4 is 5.73 Å². The molecule has 0 spiro atoms. The third-order valence-corrected chi connectivity index (χ3v) is 6.12. The van der Waals surface area contributed by atoms with Crippen LogP contribution in [0.1, 0.15) is 39.0 Å². The van der Waals surface area contributed by atoms with Crippen molar-refractivity contribution >= 4 is 27.3 Å². The third kappa shape index (κ3) is 3.33. The van der Waals surface area contributed by atoms with E-state index in [-0.39, 0.29) is 16.8 Å². The lowest BCUT2D eigenvalue weighted by Crippen LogP contribution is -2.40. The van der Waals surface area contributed by atoms with Crippen molar-refractivity contribution in [3.8, 4) is 0 Å². The lowest BCUT2D eigenvalue weighted by molar-refractivity contribution is 0.313. The van der Waals surface area contributed by atoms with Gasteiger partial charge in [-0.15, -0.1) is 0 Å². The second kappa shape index (κ2) is 6.50. The summed E-state index contributed by atoms with van der Waals surface area (Å²) in [6.07, 6.45) is 4.27. The van der Waals surface area contributed by atoms with Gasteiger partial charge in [0.2, 0.25) is 10.0 Å². The fourth-order valence-electron chi connectivity index (χ4n) is 2.77. The Morgan fingerprint density at radius 3 is 2.76 bits per heavy atom. The minimum atomic E-state index is -3.93. The van der Waals surface area contributed by atoms with Crippen LogP contribution in [0.4, 0.5) is 10.1 Å². The molecule has 1 aliphatic heterocycles. The number of anilines is 1. The van der Waals surface area contributed by atoms with Crippen LogP contribution in [-0.2, 0) is 10.0 Å². The van der Waals surface area contributed by atoms with E-state index in [4.69, 9.17) is 17.3 Å². The van der Waals surface area contributed by atoms with Crippen molar-refractivity contribution in [2.75, 3.05) is 12.3 Å². The molecule has 1 aromatic rings. The average molecular weight is 335 g/mol. The molecule has 1 heterocycles. The van der Waals surface area contributed by atoms with E-state index in [1.54, 1.807) is 0 Å². The molecule has 1 atom stereocenters. The van der Waals surface area contributed by atoms with Gasteiger partial charge in [0.05, 0.1) is 5.02 Å². The molecule has 118 valence electrons.